The first-order valence-corrected chi connectivity index (χ1v) is 7.10. The van der Waals surface area contributed by atoms with E-state index in [-0.39, 0.29) is 0 Å². The van der Waals surface area contributed by atoms with Gasteiger partial charge in [0.25, 0.3) is 5.91 Å². The zero-order valence-electron chi connectivity index (χ0n) is 11.5. The standard InChI is InChI=1S/C15H12Cl2N2O3/c1-9(22-15(21)10-4-6-18-7-5-10)14(20)19-13-8-11(16)2-3-12(13)17/h2-9H,1H3,(H,19,20). The molecule has 7 heteroatoms. The highest BCUT2D eigenvalue weighted by atomic mass is 35.5. The van der Waals surface area contributed by atoms with Gasteiger partial charge in [0.1, 0.15) is 0 Å². The first kappa shape index (κ1) is 16.3. The van der Waals surface area contributed by atoms with Crippen molar-refractivity contribution in [3.63, 3.8) is 0 Å². The number of anilines is 1. The number of rotatable bonds is 4. The number of benzene rings is 1. The smallest absolute Gasteiger partial charge is 0.339 e. The first-order chi connectivity index (χ1) is 10.5. The van der Waals surface area contributed by atoms with E-state index in [0.717, 1.165) is 0 Å². The lowest BCUT2D eigenvalue weighted by Gasteiger charge is -2.14. The van der Waals surface area contributed by atoms with Crippen LogP contribution in [-0.4, -0.2) is 23.0 Å². The molecule has 2 aromatic rings. The number of hydrogen-bond donors (Lipinski definition) is 1. The summed E-state index contributed by atoms with van der Waals surface area (Å²) in [7, 11) is 0. The fourth-order valence-corrected chi connectivity index (χ4v) is 1.93. The molecule has 0 aliphatic heterocycles. The Morgan fingerprint density at radius 3 is 2.55 bits per heavy atom. The molecular weight excluding hydrogens is 327 g/mol. The molecule has 1 N–H and O–H groups in total. The van der Waals surface area contributed by atoms with Crippen LogP contribution in [-0.2, 0) is 9.53 Å². The Balaban J connectivity index is 2.00. The van der Waals surface area contributed by atoms with Gasteiger partial charge in [-0.1, -0.05) is 23.2 Å². The zero-order valence-corrected chi connectivity index (χ0v) is 13.1. The van der Waals surface area contributed by atoms with E-state index < -0.39 is 18.0 Å². The SMILES string of the molecule is CC(OC(=O)c1ccncc1)C(=O)Nc1cc(Cl)ccc1Cl. The molecule has 1 aromatic heterocycles. The van der Waals surface area contributed by atoms with Crippen LogP contribution in [0.3, 0.4) is 0 Å². The summed E-state index contributed by atoms with van der Waals surface area (Å²) in [4.78, 5) is 27.7. The van der Waals surface area contributed by atoms with Crippen molar-refractivity contribution in [2.24, 2.45) is 0 Å². The number of pyridine rings is 1. The van der Waals surface area contributed by atoms with Gasteiger partial charge in [-0.05, 0) is 37.3 Å². The Kier molecular flexibility index (Phi) is 5.35. The molecule has 22 heavy (non-hydrogen) atoms. The minimum absolute atomic E-state index is 0.315. The van der Waals surface area contributed by atoms with Crippen molar-refractivity contribution >= 4 is 40.8 Å². The molecule has 0 aliphatic carbocycles. The molecule has 0 saturated heterocycles. The third kappa shape index (κ3) is 4.19. The van der Waals surface area contributed by atoms with Crippen molar-refractivity contribution in [2.45, 2.75) is 13.0 Å². The number of nitrogens with zero attached hydrogens (tertiary/aromatic N) is 1. The molecule has 0 bridgehead atoms. The number of ether oxygens (including phenoxy) is 1. The highest BCUT2D eigenvalue weighted by molar-refractivity contribution is 6.35. The number of aromatic nitrogens is 1. The number of hydrogen-bond acceptors (Lipinski definition) is 4. The number of nitrogens with one attached hydrogen (secondary N) is 1. The number of esters is 1. The summed E-state index contributed by atoms with van der Waals surface area (Å²) in [5.41, 5.74) is 0.668. The third-order valence-electron chi connectivity index (χ3n) is 2.76. The maximum absolute atomic E-state index is 12.0. The lowest BCUT2D eigenvalue weighted by molar-refractivity contribution is -0.123. The van der Waals surface area contributed by atoms with E-state index in [4.69, 9.17) is 27.9 Å². The van der Waals surface area contributed by atoms with Crippen molar-refractivity contribution in [2.75, 3.05) is 5.32 Å². The van der Waals surface area contributed by atoms with E-state index in [0.29, 0.717) is 21.3 Å². The number of amides is 1. The molecule has 1 atom stereocenters. The fraction of sp³-hybridized carbons (Fsp3) is 0.133. The zero-order chi connectivity index (χ0) is 16.1. The van der Waals surface area contributed by atoms with Crippen molar-refractivity contribution in [1.82, 2.24) is 4.98 Å². The number of halogens is 2. The van der Waals surface area contributed by atoms with Gasteiger partial charge >= 0.3 is 5.97 Å². The van der Waals surface area contributed by atoms with Crippen molar-refractivity contribution < 1.29 is 14.3 Å². The second-order valence-corrected chi connectivity index (χ2v) is 5.24. The first-order valence-electron chi connectivity index (χ1n) is 6.34. The molecule has 0 radical (unpaired) electrons. The summed E-state index contributed by atoms with van der Waals surface area (Å²) in [6.07, 6.45) is 1.94. The van der Waals surface area contributed by atoms with Gasteiger partial charge in [0.15, 0.2) is 6.10 Å². The summed E-state index contributed by atoms with van der Waals surface area (Å²) in [6, 6.07) is 7.68. The molecule has 1 unspecified atom stereocenters. The Morgan fingerprint density at radius 2 is 1.86 bits per heavy atom. The van der Waals surface area contributed by atoms with Gasteiger partial charge in [0.2, 0.25) is 0 Å². The average molecular weight is 339 g/mol. The van der Waals surface area contributed by atoms with Crippen molar-refractivity contribution in [3.8, 4) is 0 Å². The van der Waals surface area contributed by atoms with Crippen LogP contribution in [0.2, 0.25) is 10.0 Å². The quantitative estimate of drug-likeness (QED) is 0.865. The predicted molar refractivity (Wildman–Crippen MR) is 84.2 cm³/mol. The topological polar surface area (TPSA) is 68.3 Å². The van der Waals surface area contributed by atoms with Gasteiger partial charge in [-0.2, -0.15) is 0 Å². The monoisotopic (exact) mass is 338 g/mol. The minimum atomic E-state index is -0.990. The summed E-state index contributed by atoms with van der Waals surface area (Å²) in [5, 5.41) is 3.33. The van der Waals surface area contributed by atoms with E-state index in [1.807, 2.05) is 0 Å². The summed E-state index contributed by atoms with van der Waals surface area (Å²) < 4.78 is 5.09. The molecule has 114 valence electrons. The lowest BCUT2D eigenvalue weighted by atomic mass is 10.2. The minimum Gasteiger partial charge on any atom is -0.449 e. The van der Waals surface area contributed by atoms with E-state index >= 15 is 0 Å². The van der Waals surface area contributed by atoms with Crippen LogP contribution >= 0.6 is 23.2 Å². The molecule has 2 rings (SSSR count). The van der Waals surface area contributed by atoms with Crippen molar-refractivity contribution in [1.29, 1.82) is 0 Å². The highest BCUT2D eigenvalue weighted by Gasteiger charge is 2.19. The van der Waals surface area contributed by atoms with Gasteiger partial charge in [-0.3, -0.25) is 9.78 Å². The van der Waals surface area contributed by atoms with Crippen LogP contribution in [0.1, 0.15) is 17.3 Å². The second-order valence-electron chi connectivity index (χ2n) is 4.40. The third-order valence-corrected chi connectivity index (χ3v) is 3.32. The number of carbonyl (C=O) groups excluding carboxylic acids is 2. The molecule has 1 amide bonds. The Labute approximate surface area is 137 Å². The summed E-state index contributed by atoms with van der Waals surface area (Å²) in [6.45, 7) is 1.47. The number of carbonyl (C=O) groups is 2. The normalized spacial score (nSPS) is 11.6. The van der Waals surface area contributed by atoms with Crippen molar-refractivity contribution in [3.05, 3.63) is 58.3 Å². The predicted octanol–water partition coefficient (Wildman–Crippen LogP) is 3.57. The maximum atomic E-state index is 12.0. The van der Waals surface area contributed by atoms with Gasteiger partial charge in [-0.15, -0.1) is 0 Å². The van der Waals surface area contributed by atoms with Crippen LogP contribution in [0.4, 0.5) is 5.69 Å². The molecule has 1 heterocycles. The second kappa shape index (κ2) is 7.24. The highest BCUT2D eigenvalue weighted by Crippen LogP contribution is 2.25. The Morgan fingerprint density at radius 1 is 1.18 bits per heavy atom. The van der Waals surface area contributed by atoms with E-state index in [1.165, 1.54) is 37.5 Å². The Hall–Kier alpha value is -2.11. The molecule has 5 nitrogen and oxygen atoms in total. The van der Waals surface area contributed by atoms with Gasteiger partial charge in [0, 0.05) is 17.4 Å². The van der Waals surface area contributed by atoms with E-state index in [9.17, 15) is 9.59 Å². The van der Waals surface area contributed by atoms with Crippen LogP contribution in [0, 0.1) is 0 Å². The maximum Gasteiger partial charge on any atom is 0.339 e. The largest absolute Gasteiger partial charge is 0.449 e. The van der Waals surface area contributed by atoms with E-state index in [2.05, 4.69) is 10.3 Å². The van der Waals surface area contributed by atoms with Crippen LogP contribution < -0.4 is 5.32 Å². The van der Waals surface area contributed by atoms with Crippen LogP contribution in [0.15, 0.2) is 42.7 Å². The summed E-state index contributed by atoms with van der Waals surface area (Å²) in [5.74, 6) is -1.12. The molecule has 0 aliphatic rings. The van der Waals surface area contributed by atoms with E-state index in [1.54, 1.807) is 12.1 Å². The molecule has 0 fully saturated rings. The van der Waals surface area contributed by atoms with Crippen LogP contribution in [0.25, 0.3) is 0 Å². The molecule has 0 spiro atoms. The molecular formula is C15H12Cl2N2O3. The van der Waals surface area contributed by atoms with Crippen LogP contribution in [0.5, 0.6) is 0 Å². The molecule has 1 aromatic carbocycles. The summed E-state index contributed by atoms with van der Waals surface area (Å²) >= 11 is 11.8. The Bertz CT molecular complexity index is 692. The van der Waals surface area contributed by atoms with Gasteiger partial charge < -0.3 is 10.1 Å². The molecule has 0 saturated carbocycles. The van der Waals surface area contributed by atoms with Gasteiger partial charge in [-0.25, -0.2) is 4.79 Å². The van der Waals surface area contributed by atoms with Gasteiger partial charge in [0.05, 0.1) is 16.3 Å². The lowest BCUT2D eigenvalue weighted by Crippen LogP contribution is -2.30. The average Bonchev–Trinajstić information content (AvgIpc) is 2.51. The fourth-order valence-electron chi connectivity index (χ4n) is 1.60.